The van der Waals surface area contributed by atoms with Gasteiger partial charge in [0.15, 0.2) is 17.4 Å². The number of Topliss-reactive ketones (excluding diaryl/α,β-unsaturated/α-hetero) is 1. The van der Waals surface area contributed by atoms with Crippen LogP contribution in [0, 0.1) is 17.2 Å². The van der Waals surface area contributed by atoms with Crippen LogP contribution in [0.25, 0.3) is 0 Å². The highest BCUT2D eigenvalue weighted by Gasteiger charge is 2.40. The maximum Gasteiger partial charge on any atom is 0.357 e. The summed E-state index contributed by atoms with van der Waals surface area (Å²) in [5.41, 5.74) is 0.0910. The van der Waals surface area contributed by atoms with Crippen molar-refractivity contribution in [3.63, 3.8) is 0 Å². The van der Waals surface area contributed by atoms with Crippen LogP contribution in [0.4, 0.5) is 0 Å². The predicted molar refractivity (Wildman–Crippen MR) is 98.8 cm³/mol. The van der Waals surface area contributed by atoms with Gasteiger partial charge in [-0.05, 0) is 13.3 Å². The summed E-state index contributed by atoms with van der Waals surface area (Å²) in [4.78, 5) is 42.8. The van der Waals surface area contributed by atoms with Crippen molar-refractivity contribution in [2.45, 2.75) is 39.2 Å². The van der Waals surface area contributed by atoms with E-state index < -0.39 is 17.9 Å². The third-order valence-electron chi connectivity index (χ3n) is 4.19. The monoisotopic (exact) mass is 395 g/mol. The molecule has 3 atom stereocenters. The molecule has 1 aliphatic heterocycles. The van der Waals surface area contributed by atoms with E-state index in [0.29, 0.717) is 18.1 Å². The van der Waals surface area contributed by atoms with Crippen LogP contribution in [0.1, 0.15) is 48.6 Å². The molecule has 26 heavy (non-hydrogen) atoms. The van der Waals surface area contributed by atoms with Crippen LogP contribution < -0.4 is 0 Å². The molecule has 1 aromatic heterocycles. The standard InChI is InChI=1S/C17H21N3O4S2/c1-4-10(3)16(22)20-9-25-8-13(20)14(21)11(6-18)15-19-12(7-26-15)17(23)24-5-2/h7,10-11,13H,4-5,8-9H2,1-3H3. The molecule has 7 nitrogen and oxygen atoms in total. The Hall–Kier alpha value is -1.92. The molecule has 3 unspecified atom stereocenters. The summed E-state index contributed by atoms with van der Waals surface area (Å²) in [5.74, 6) is -1.35. The Kier molecular flexibility index (Phi) is 7.17. The fraction of sp³-hybridized carbons (Fsp3) is 0.588. The summed E-state index contributed by atoms with van der Waals surface area (Å²) in [5, 5.41) is 11.3. The summed E-state index contributed by atoms with van der Waals surface area (Å²) in [6, 6.07) is 1.34. The highest BCUT2D eigenvalue weighted by atomic mass is 32.2. The Labute approximate surface area is 160 Å². The van der Waals surface area contributed by atoms with Gasteiger partial charge in [0.2, 0.25) is 5.91 Å². The van der Waals surface area contributed by atoms with Crippen molar-refractivity contribution in [1.82, 2.24) is 9.88 Å². The molecular formula is C17H21N3O4S2. The number of ketones is 1. The second-order valence-electron chi connectivity index (χ2n) is 5.89. The van der Waals surface area contributed by atoms with Crippen LogP contribution in [-0.2, 0) is 14.3 Å². The fourth-order valence-electron chi connectivity index (χ4n) is 2.51. The molecule has 2 heterocycles. The number of carbonyl (C=O) groups is 3. The predicted octanol–water partition coefficient (Wildman–Crippen LogP) is 2.44. The van der Waals surface area contributed by atoms with Crippen LogP contribution in [0.15, 0.2) is 5.38 Å². The number of rotatable bonds is 7. The van der Waals surface area contributed by atoms with Crippen molar-refractivity contribution in [2.24, 2.45) is 5.92 Å². The molecule has 0 aliphatic carbocycles. The van der Waals surface area contributed by atoms with Gasteiger partial charge in [0, 0.05) is 17.1 Å². The van der Waals surface area contributed by atoms with Crippen LogP contribution in [0.2, 0.25) is 0 Å². The number of thioether (sulfide) groups is 1. The number of nitrogens with zero attached hydrogens (tertiary/aromatic N) is 3. The van der Waals surface area contributed by atoms with E-state index in [-0.39, 0.29) is 34.9 Å². The van der Waals surface area contributed by atoms with Crippen molar-refractivity contribution >= 4 is 40.8 Å². The Morgan fingerprint density at radius 3 is 2.81 bits per heavy atom. The first-order chi connectivity index (χ1) is 12.4. The molecule has 0 radical (unpaired) electrons. The maximum atomic E-state index is 12.9. The summed E-state index contributed by atoms with van der Waals surface area (Å²) < 4.78 is 4.88. The van der Waals surface area contributed by atoms with Crippen molar-refractivity contribution in [3.05, 3.63) is 16.1 Å². The average Bonchev–Trinajstić information content (AvgIpc) is 3.30. The number of amides is 1. The molecule has 140 valence electrons. The lowest BCUT2D eigenvalue weighted by Gasteiger charge is -2.26. The first kappa shape index (κ1) is 20.4. The number of nitriles is 1. The lowest BCUT2D eigenvalue weighted by molar-refractivity contribution is -0.140. The molecule has 1 aromatic rings. The Bertz CT molecular complexity index is 728. The van der Waals surface area contributed by atoms with Gasteiger partial charge in [0.1, 0.15) is 11.0 Å². The van der Waals surface area contributed by atoms with Crippen molar-refractivity contribution in [1.29, 1.82) is 5.26 Å². The summed E-state index contributed by atoms with van der Waals surface area (Å²) >= 11 is 2.58. The van der Waals surface area contributed by atoms with Gasteiger partial charge < -0.3 is 9.64 Å². The summed E-state index contributed by atoms with van der Waals surface area (Å²) in [6.07, 6.45) is 0.692. The molecule has 0 N–H and O–H groups in total. The molecule has 1 saturated heterocycles. The molecule has 0 spiro atoms. The SMILES string of the molecule is CCOC(=O)c1csc(C(C#N)C(=O)C2CSCN2C(=O)C(C)CC)n1. The third kappa shape index (κ3) is 4.24. The van der Waals surface area contributed by atoms with Gasteiger partial charge in [0.25, 0.3) is 0 Å². The van der Waals surface area contributed by atoms with E-state index in [0.717, 1.165) is 11.3 Å². The van der Waals surface area contributed by atoms with Crippen LogP contribution in [0.3, 0.4) is 0 Å². The number of hydrogen-bond acceptors (Lipinski definition) is 8. The highest BCUT2D eigenvalue weighted by molar-refractivity contribution is 7.99. The number of thiazole rings is 1. The highest BCUT2D eigenvalue weighted by Crippen LogP contribution is 2.30. The molecule has 1 amide bonds. The second-order valence-corrected chi connectivity index (χ2v) is 7.78. The van der Waals surface area contributed by atoms with Crippen molar-refractivity contribution in [3.8, 4) is 6.07 Å². The van der Waals surface area contributed by atoms with Gasteiger partial charge >= 0.3 is 5.97 Å². The molecule has 1 fully saturated rings. The fourth-order valence-corrected chi connectivity index (χ4v) is 4.52. The van der Waals surface area contributed by atoms with Crippen LogP contribution >= 0.6 is 23.1 Å². The second kappa shape index (κ2) is 9.14. The molecule has 9 heteroatoms. The van der Waals surface area contributed by atoms with Crippen molar-refractivity contribution < 1.29 is 19.1 Å². The average molecular weight is 396 g/mol. The first-order valence-corrected chi connectivity index (χ1v) is 10.4. The lowest BCUT2D eigenvalue weighted by Crippen LogP contribution is -2.45. The molecule has 0 bridgehead atoms. The molecule has 0 aromatic carbocycles. The van der Waals surface area contributed by atoms with Gasteiger partial charge in [-0.1, -0.05) is 13.8 Å². The lowest BCUT2D eigenvalue weighted by atomic mass is 9.98. The quantitative estimate of drug-likeness (QED) is 0.654. The van der Waals surface area contributed by atoms with E-state index in [4.69, 9.17) is 4.74 Å². The maximum absolute atomic E-state index is 12.9. The molecule has 1 aliphatic rings. The Morgan fingerprint density at radius 1 is 1.46 bits per heavy atom. The largest absolute Gasteiger partial charge is 0.461 e. The summed E-state index contributed by atoms with van der Waals surface area (Å²) in [7, 11) is 0. The van der Waals surface area contributed by atoms with E-state index in [1.165, 1.54) is 17.1 Å². The smallest absolute Gasteiger partial charge is 0.357 e. The van der Waals surface area contributed by atoms with Crippen LogP contribution in [-0.4, -0.2) is 51.8 Å². The van der Waals surface area contributed by atoms with Crippen LogP contribution in [0.5, 0.6) is 0 Å². The van der Waals surface area contributed by atoms with E-state index in [9.17, 15) is 19.6 Å². The first-order valence-electron chi connectivity index (χ1n) is 8.38. The Balaban J connectivity index is 2.19. The Morgan fingerprint density at radius 2 is 2.19 bits per heavy atom. The normalized spacial score (nSPS) is 18.8. The minimum Gasteiger partial charge on any atom is -0.461 e. The third-order valence-corrected chi connectivity index (χ3v) is 6.12. The van der Waals surface area contributed by atoms with E-state index in [1.54, 1.807) is 11.8 Å². The zero-order chi connectivity index (χ0) is 19.3. The molecular weight excluding hydrogens is 374 g/mol. The van der Waals surface area contributed by atoms with Gasteiger partial charge in [0.05, 0.1) is 18.6 Å². The van der Waals surface area contributed by atoms with Crippen molar-refractivity contribution in [2.75, 3.05) is 18.2 Å². The van der Waals surface area contributed by atoms with E-state index in [2.05, 4.69) is 4.98 Å². The topological polar surface area (TPSA) is 100 Å². The van der Waals surface area contributed by atoms with Gasteiger partial charge in [-0.15, -0.1) is 23.1 Å². The molecule has 0 saturated carbocycles. The zero-order valence-corrected chi connectivity index (χ0v) is 16.6. The number of carbonyl (C=O) groups excluding carboxylic acids is 3. The number of hydrogen-bond donors (Lipinski definition) is 0. The zero-order valence-electron chi connectivity index (χ0n) is 14.9. The van der Waals surface area contributed by atoms with E-state index >= 15 is 0 Å². The summed E-state index contributed by atoms with van der Waals surface area (Å²) in [6.45, 7) is 5.67. The number of esters is 1. The minimum absolute atomic E-state index is 0.0705. The molecule has 2 rings (SSSR count). The minimum atomic E-state index is -1.10. The van der Waals surface area contributed by atoms with Gasteiger partial charge in [-0.3, -0.25) is 9.59 Å². The van der Waals surface area contributed by atoms with Gasteiger partial charge in [-0.2, -0.15) is 5.26 Å². The van der Waals surface area contributed by atoms with Gasteiger partial charge in [-0.25, -0.2) is 9.78 Å². The number of ether oxygens (including phenoxy) is 1. The van der Waals surface area contributed by atoms with E-state index in [1.807, 2.05) is 19.9 Å². The number of aromatic nitrogens is 1.